The maximum atomic E-state index is 10.5. The normalized spacial score (nSPS) is 39.8. The fraction of sp³-hybridized carbons (Fsp3) is 0.889. The van der Waals surface area contributed by atoms with Crippen LogP contribution in [0, 0.1) is 11.8 Å². The molecule has 3 saturated heterocycles. The van der Waals surface area contributed by atoms with E-state index in [1.807, 2.05) is 0 Å². The maximum absolute atomic E-state index is 10.5. The van der Waals surface area contributed by atoms with Gasteiger partial charge in [-0.05, 0) is 37.8 Å². The van der Waals surface area contributed by atoms with Gasteiger partial charge in [-0.25, -0.2) is 0 Å². The molecule has 1 atom stereocenters. The maximum Gasteiger partial charge on any atom is 0.303 e. The minimum absolute atomic E-state index is 0.376. The van der Waals surface area contributed by atoms with Gasteiger partial charge in [0.1, 0.15) is 0 Å². The van der Waals surface area contributed by atoms with Gasteiger partial charge in [-0.15, -0.1) is 0 Å². The lowest BCUT2D eigenvalue weighted by molar-refractivity contribution is -0.139. The molecule has 3 heterocycles. The van der Waals surface area contributed by atoms with Crippen molar-refractivity contribution in [2.24, 2.45) is 11.8 Å². The number of piperidine rings is 3. The van der Waals surface area contributed by atoms with E-state index in [0.29, 0.717) is 18.3 Å². The second-order valence-electron chi connectivity index (χ2n) is 4.00. The van der Waals surface area contributed by atoms with Crippen molar-refractivity contribution in [3.05, 3.63) is 0 Å². The van der Waals surface area contributed by atoms with Gasteiger partial charge in [-0.2, -0.15) is 0 Å². The zero-order chi connectivity index (χ0) is 8.55. The monoisotopic (exact) mass is 169 g/mol. The van der Waals surface area contributed by atoms with Crippen molar-refractivity contribution in [3.8, 4) is 0 Å². The van der Waals surface area contributed by atoms with Gasteiger partial charge in [0.25, 0.3) is 0 Å². The van der Waals surface area contributed by atoms with E-state index >= 15 is 0 Å². The quantitative estimate of drug-likeness (QED) is 0.664. The number of carbonyl (C=O) groups is 1. The molecule has 0 aromatic rings. The first-order chi connectivity index (χ1) is 5.75. The van der Waals surface area contributed by atoms with E-state index in [1.54, 1.807) is 0 Å². The van der Waals surface area contributed by atoms with Crippen LogP contribution in [0.3, 0.4) is 0 Å². The predicted molar refractivity (Wildman–Crippen MR) is 44.9 cm³/mol. The molecule has 0 aliphatic carbocycles. The van der Waals surface area contributed by atoms with E-state index in [-0.39, 0.29) is 0 Å². The van der Waals surface area contributed by atoms with Crippen molar-refractivity contribution < 1.29 is 9.90 Å². The number of aliphatic carboxylic acids is 1. The second-order valence-corrected chi connectivity index (χ2v) is 4.00. The van der Waals surface area contributed by atoms with Crippen molar-refractivity contribution in [2.75, 3.05) is 19.6 Å². The molecule has 0 aromatic heterocycles. The Bertz CT molecular complexity index is 185. The van der Waals surface area contributed by atoms with Crippen molar-refractivity contribution in [1.82, 2.24) is 4.90 Å². The zero-order valence-electron chi connectivity index (χ0n) is 7.20. The summed E-state index contributed by atoms with van der Waals surface area (Å²) in [6.07, 6.45) is 2.82. The van der Waals surface area contributed by atoms with Gasteiger partial charge in [0, 0.05) is 13.0 Å². The SMILES string of the molecule is O=C(O)C[C@@H]1CN2CCC1CC2. The zero-order valence-corrected chi connectivity index (χ0v) is 7.20. The minimum Gasteiger partial charge on any atom is -0.481 e. The van der Waals surface area contributed by atoms with Crippen LogP contribution < -0.4 is 0 Å². The number of rotatable bonds is 2. The smallest absolute Gasteiger partial charge is 0.303 e. The third kappa shape index (κ3) is 1.46. The van der Waals surface area contributed by atoms with E-state index in [9.17, 15) is 4.79 Å². The molecule has 0 amide bonds. The van der Waals surface area contributed by atoms with E-state index in [0.717, 1.165) is 6.54 Å². The largest absolute Gasteiger partial charge is 0.481 e. The molecule has 0 radical (unpaired) electrons. The molecule has 12 heavy (non-hydrogen) atoms. The van der Waals surface area contributed by atoms with Crippen LogP contribution >= 0.6 is 0 Å². The predicted octanol–water partition coefficient (Wildman–Crippen LogP) is 0.803. The highest BCUT2D eigenvalue weighted by Crippen LogP contribution is 2.33. The molecule has 0 aromatic carbocycles. The van der Waals surface area contributed by atoms with Gasteiger partial charge in [0.15, 0.2) is 0 Å². The number of fused-ring (bicyclic) bond motifs is 3. The Labute approximate surface area is 72.4 Å². The molecular weight excluding hydrogens is 154 g/mol. The summed E-state index contributed by atoms with van der Waals surface area (Å²) >= 11 is 0. The summed E-state index contributed by atoms with van der Waals surface area (Å²) in [5, 5.41) is 8.68. The van der Waals surface area contributed by atoms with Crippen LogP contribution in [0.5, 0.6) is 0 Å². The minimum atomic E-state index is -0.631. The number of hydrogen-bond acceptors (Lipinski definition) is 2. The van der Waals surface area contributed by atoms with E-state index in [4.69, 9.17) is 5.11 Å². The molecule has 68 valence electrons. The standard InChI is InChI=1S/C9H15NO2/c11-9(12)5-8-6-10-3-1-7(8)2-4-10/h7-8H,1-6H2,(H,11,12)/t8-/m1/s1. The molecule has 0 spiro atoms. The number of hydrogen-bond donors (Lipinski definition) is 1. The Morgan fingerprint density at radius 1 is 1.42 bits per heavy atom. The van der Waals surface area contributed by atoms with Gasteiger partial charge < -0.3 is 10.0 Å². The average Bonchev–Trinajstić information content (AvgIpc) is 2.05. The summed E-state index contributed by atoms with van der Waals surface area (Å²) in [4.78, 5) is 12.9. The second kappa shape index (κ2) is 3.05. The van der Waals surface area contributed by atoms with Crippen LogP contribution in [0.15, 0.2) is 0 Å². The first-order valence-corrected chi connectivity index (χ1v) is 4.70. The van der Waals surface area contributed by atoms with Crippen molar-refractivity contribution in [2.45, 2.75) is 19.3 Å². The Morgan fingerprint density at radius 3 is 2.50 bits per heavy atom. The highest BCUT2D eigenvalue weighted by molar-refractivity contribution is 5.67. The van der Waals surface area contributed by atoms with Crippen LogP contribution in [0.4, 0.5) is 0 Å². The third-order valence-corrected chi connectivity index (χ3v) is 3.23. The summed E-state index contributed by atoms with van der Waals surface area (Å²) in [6.45, 7) is 3.42. The van der Waals surface area contributed by atoms with Gasteiger partial charge in [0.05, 0.1) is 0 Å². The molecular formula is C9H15NO2. The fourth-order valence-electron chi connectivity index (χ4n) is 2.54. The van der Waals surface area contributed by atoms with Crippen LogP contribution in [-0.4, -0.2) is 35.6 Å². The highest BCUT2D eigenvalue weighted by Gasteiger charge is 2.34. The Kier molecular flexibility index (Phi) is 2.05. The lowest BCUT2D eigenvalue weighted by Crippen LogP contribution is -2.47. The summed E-state index contributed by atoms with van der Waals surface area (Å²) in [6, 6.07) is 0. The van der Waals surface area contributed by atoms with E-state index in [1.165, 1.54) is 25.9 Å². The summed E-state index contributed by atoms with van der Waals surface area (Å²) < 4.78 is 0. The van der Waals surface area contributed by atoms with Crippen LogP contribution in [-0.2, 0) is 4.79 Å². The topological polar surface area (TPSA) is 40.5 Å². The van der Waals surface area contributed by atoms with E-state index < -0.39 is 5.97 Å². The molecule has 3 aliphatic heterocycles. The molecule has 0 unspecified atom stereocenters. The Morgan fingerprint density at radius 2 is 2.08 bits per heavy atom. The summed E-state index contributed by atoms with van der Waals surface area (Å²) in [7, 11) is 0. The van der Waals surface area contributed by atoms with Gasteiger partial charge in [0.2, 0.25) is 0 Å². The number of carboxylic acids is 1. The molecule has 0 saturated carbocycles. The number of carboxylic acid groups (broad SMARTS) is 1. The van der Waals surface area contributed by atoms with Gasteiger partial charge >= 0.3 is 5.97 Å². The summed E-state index contributed by atoms with van der Waals surface area (Å²) in [5.41, 5.74) is 0. The third-order valence-electron chi connectivity index (χ3n) is 3.23. The lowest BCUT2D eigenvalue weighted by Gasteiger charge is -2.44. The first-order valence-electron chi connectivity index (χ1n) is 4.70. The molecule has 3 nitrogen and oxygen atoms in total. The first kappa shape index (κ1) is 8.05. The fourth-order valence-corrected chi connectivity index (χ4v) is 2.54. The van der Waals surface area contributed by atoms with Crippen molar-refractivity contribution >= 4 is 5.97 Å². The highest BCUT2D eigenvalue weighted by atomic mass is 16.4. The van der Waals surface area contributed by atoms with Gasteiger partial charge in [-0.3, -0.25) is 4.79 Å². The van der Waals surface area contributed by atoms with E-state index in [2.05, 4.69) is 4.90 Å². The van der Waals surface area contributed by atoms with Crippen LogP contribution in [0.1, 0.15) is 19.3 Å². The molecule has 3 aliphatic rings. The molecule has 2 bridgehead atoms. The van der Waals surface area contributed by atoms with Crippen LogP contribution in [0.25, 0.3) is 0 Å². The van der Waals surface area contributed by atoms with Gasteiger partial charge in [-0.1, -0.05) is 0 Å². The summed E-state index contributed by atoms with van der Waals surface area (Å²) in [5.74, 6) is 0.504. The number of nitrogens with zero attached hydrogens (tertiary/aromatic N) is 1. The molecule has 3 rings (SSSR count). The molecule has 3 fully saturated rings. The van der Waals surface area contributed by atoms with Crippen molar-refractivity contribution in [1.29, 1.82) is 0 Å². The molecule has 3 heteroatoms. The Balaban J connectivity index is 1.95. The van der Waals surface area contributed by atoms with Crippen LogP contribution in [0.2, 0.25) is 0 Å². The van der Waals surface area contributed by atoms with Crippen molar-refractivity contribution in [3.63, 3.8) is 0 Å². The molecule has 1 N–H and O–H groups in total. The average molecular weight is 169 g/mol. The Hall–Kier alpha value is -0.570. The lowest BCUT2D eigenvalue weighted by atomic mass is 9.77.